The quantitative estimate of drug-likeness (QED) is 0.868. The van der Waals surface area contributed by atoms with Crippen molar-refractivity contribution in [2.45, 2.75) is 19.8 Å². The lowest BCUT2D eigenvalue weighted by molar-refractivity contribution is 0.517. The van der Waals surface area contributed by atoms with Crippen molar-refractivity contribution in [1.29, 1.82) is 0 Å². The predicted molar refractivity (Wildman–Crippen MR) is 91.1 cm³/mol. The lowest BCUT2D eigenvalue weighted by Crippen LogP contribution is -2.18. The van der Waals surface area contributed by atoms with Gasteiger partial charge < -0.3 is 10.2 Å². The number of nitrogens with one attached hydrogen (secondary N) is 1. The molecule has 1 heterocycles. The Morgan fingerprint density at radius 2 is 1.76 bits per heavy atom. The second-order valence-corrected chi connectivity index (χ2v) is 5.94. The molecule has 2 aromatic rings. The van der Waals surface area contributed by atoms with Crippen molar-refractivity contribution in [2.24, 2.45) is 5.92 Å². The largest absolute Gasteiger partial charge is 0.383 e. The molecular formula is C18H25N3. The summed E-state index contributed by atoms with van der Waals surface area (Å²) in [7, 11) is 4.00. The third-order valence-electron chi connectivity index (χ3n) is 3.76. The number of hydrogen-bond donors (Lipinski definition) is 1. The molecule has 0 amide bonds. The molecular weight excluding hydrogens is 258 g/mol. The lowest BCUT2D eigenvalue weighted by atomic mass is 9.88. The lowest BCUT2D eigenvalue weighted by Gasteiger charge is -2.22. The van der Waals surface area contributed by atoms with Gasteiger partial charge in [-0.1, -0.05) is 44.2 Å². The van der Waals surface area contributed by atoms with Crippen LogP contribution in [0.1, 0.15) is 25.3 Å². The van der Waals surface area contributed by atoms with Crippen LogP contribution in [0.2, 0.25) is 0 Å². The second-order valence-electron chi connectivity index (χ2n) is 5.94. The van der Waals surface area contributed by atoms with E-state index in [0.29, 0.717) is 11.8 Å². The van der Waals surface area contributed by atoms with Crippen molar-refractivity contribution in [2.75, 3.05) is 30.9 Å². The number of benzene rings is 1. The Morgan fingerprint density at radius 1 is 1.05 bits per heavy atom. The van der Waals surface area contributed by atoms with Crippen molar-refractivity contribution >= 4 is 11.5 Å². The maximum absolute atomic E-state index is 4.44. The SMILES string of the molecule is CC(C)C(CNc1ccc(N(C)C)nc1)c1ccccc1. The van der Waals surface area contributed by atoms with Gasteiger partial charge >= 0.3 is 0 Å². The van der Waals surface area contributed by atoms with Gasteiger partial charge in [-0.2, -0.15) is 0 Å². The van der Waals surface area contributed by atoms with Crippen molar-refractivity contribution < 1.29 is 0 Å². The maximum Gasteiger partial charge on any atom is 0.128 e. The molecule has 1 aromatic heterocycles. The first kappa shape index (κ1) is 15.4. The molecule has 0 aliphatic carbocycles. The number of hydrogen-bond acceptors (Lipinski definition) is 3. The van der Waals surface area contributed by atoms with Crippen LogP contribution >= 0.6 is 0 Å². The molecule has 0 aliphatic heterocycles. The fourth-order valence-corrected chi connectivity index (χ4v) is 2.42. The molecule has 3 heteroatoms. The average molecular weight is 283 g/mol. The van der Waals surface area contributed by atoms with Crippen LogP contribution in [-0.2, 0) is 0 Å². The maximum atomic E-state index is 4.44. The highest BCUT2D eigenvalue weighted by molar-refractivity contribution is 5.48. The van der Waals surface area contributed by atoms with E-state index in [1.807, 2.05) is 31.3 Å². The molecule has 1 unspecified atom stereocenters. The van der Waals surface area contributed by atoms with Gasteiger partial charge in [0.2, 0.25) is 0 Å². The second kappa shape index (κ2) is 7.11. The first-order chi connectivity index (χ1) is 10.1. The molecule has 112 valence electrons. The highest BCUT2D eigenvalue weighted by Crippen LogP contribution is 2.25. The van der Waals surface area contributed by atoms with Crippen LogP contribution in [0, 0.1) is 5.92 Å². The highest BCUT2D eigenvalue weighted by atomic mass is 15.1. The van der Waals surface area contributed by atoms with Crippen LogP contribution in [0.4, 0.5) is 11.5 Å². The van der Waals surface area contributed by atoms with Gasteiger partial charge in [0.05, 0.1) is 11.9 Å². The number of pyridine rings is 1. The monoisotopic (exact) mass is 283 g/mol. The van der Waals surface area contributed by atoms with Gasteiger partial charge in [-0.15, -0.1) is 0 Å². The number of rotatable bonds is 6. The van der Waals surface area contributed by atoms with Crippen molar-refractivity contribution in [3.63, 3.8) is 0 Å². The summed E-state index contributed by atoms with van der Waals surface area (Å²) in [5, 5.41) is 3.51. The molecule has 0 spiro atoms. The minimum Gasteiger partial charge on any atom is -0.383 e. The molecule has 21 heavy (non-hydrogen) atoms. The van der Waals surface area contributed by atoms with Crippen LogP contribution in [0.15, 0.2) is 48.7 Å². The fraction of sp³-hybridized carbons (Fsp3) is 0.389. The van der Waals surface area contributed by atoms with E-state index in [4.69, 9.17) is 0 Å². The van der Waals surface area contributed by atoms with Crippen LogP contribution < -0.4 is 10.2 Å². The van der Waals surface area contributed by atoms with E-state index in [9.17, 15) is 0 Å². The van der Waals surface area contributed by atoms with Gasteiger partial charge in [-0.05, 0) is 23.6 Å². The summed E-state index contributed by atoms with van der Waals surface area (Å²) in [4.78, 5) is 6.44. The van der Waals surface area contributed by atoms with Gasteiger partial charge in [0, 0.05) is 26.6 Å². The van der Waals surface area contributed by atoms with Gasteiger partial charge in [0.25, 0.3) is 0 Å². The van der Waals surface area contributed by atoms with Crippen molar-refractivity contribution in [3.8, 4) is 0 Å². The van der Waals surface area contributed by atoms with E-state index in [-0.39, 0.29) is 0 Å². The summed E-state index contributed by atoms with van der Waals surface area (Å²) >= 11 is 0. The third kappa shape index (κ3) is 4.22. The minimum atomic E-state index is 0.500. The molecule has 0 fully saturated rings. The van der Waals surface area contributed by atoms with Gasteiger partial charge in [-0.3, -0.25) is 0 Å². The Morgan fingerprint density at radius 3 is 2.29 bits per heavy atom. The topological polar surface area (TPSA) is 28.2 Å². The average Bonchev–Trinajstić information content (AvgIpc) is 2.48. The van der Waals surface area contributed by atoms with E-state index < -0.39 is 0 Å². The van der Waals surface area contributed by atoms with Gasteiger partial charge in [-0.25, -0.2) is 4.98 Å². The molecule has 1 atom stereocenters. The number of nitrogens with zero attached hydrogens (tertiary/aromatic N) is 2. The summed E-state index contributed by atoms with van der Waals surface area (Å²) < 4.78 is 0. The smallest absolute Gasteiger partial charge is 0.128 e. The van der Waals surface area contributed by atoms with Crippen LogP contribution in [0.25, 0.3) is 0 Å². The molecule has 3 nitrogen and oxygen atoms in total. The van der Waals surface area contributed by atoms with Crippen LogP contribution in [0.5, 0.6) is 0 Å². The standard InChI is InChI=1S/C18H25N3/c1-14(2)17(15-8-6-5-7-9-15)13-19-16-10-11-18(20-12-16)21(3)4/h5-12,14,17,19H,13H2,1-4H3. The van der Waals surface area contributed by atoms with Crippen LogP contribution in [-0.4, -0.2) is 25.6 Å². The summed E-state index contributed by atoms with van der Waals surface area (Å²) in [6, 6.07) is 14.8. The van der Waals surface area contributed by atoms with Crippen LogP contribution in [0.3, 0.4) is 0 Å². The Kier molecular flexibility index (Phi) is 5.20. The first-order valence-electron chi connectivity index (χ1n) is 7.50. The Bertz CT molecular complexity index is 532. The summed E-state index contributed by atoms with van der Waals surface area (Å²) in [6.07, 6.45) is 1.90. The Hall–Kier alpha value is -2.03. The zero-order valence-electron chi connectivity index (χ0n) is 13.4. The van der Waals surface area contributed by atoms with Gasteiger partial charge in [0.1, 0.15) is 5.82 Å². The number of anilines is 2. The summed E-state index contributed by atoms with van der Waals surface area (Å²) in [6.45, 7) is 5.46. The molecule has 1 N–H and O–H groups in total. The van der Waals surface area contributed by atoms with Crippen molar-refractivity contribution in [3.05, 3.63) is 54.2 Å². The Balaban J connectivity index is 2.02. The molecule has 0 saturated carbocycles. The Labute approximate surface area is 128 Å². The van der Waals surface area contributed by atoms with Crippen molar-refractivity contribution in [1.82, 2.24) is 4.98 Å². The molecule has 1 aromatic carbocycles. The van der Waals surface area contributed by atoms with E-state index in [0.717, 1.165) is 18.1 Å². The molecule has 0 radical (unpaired) electrons. The van der Waals surface area contributed by atoms with Gasteiger partial charge in [0.15, 0.2) is 0 Å². The van der Waals surface area contributed by atoms with E-state index in [1.54, 1.807) is 0 Å². The molecule has 2 rings (SSSR count). The zero-order chi connectivity index (χ0) is 15.2. The van der Waals surface area contributed by atoms with E-state index >= 15 is 0 Å². The number of aromatic nitrogens is 1. The summed E-state index contributed by atoms with van der Waals surface area (Å²) in [5.41, 5.74) is 2.46. The molecule has 0 saturated heterocycles. The van der Waals surface area contributed by atoms with E-state index in [1.165, 1.54) is 5.56 Å². The normalized spacial score (nSPS) is 12.2. The summed E-state index contributed by atoms with van der Waals surface area (Å²) in [5.74, 6) is 2.07. The molecule has 0 bridgehead atoms. The zero-order valence-corrected chi connectivity index (χ0v) is 13.4. The highest BCUT2D eigenvalue weighted by Gasteiger charge is 2.15. The third-order valence-corrected chi connectivity index (χ3v) is 3.76. The van der Waals surface area contributed by atoms with E-state index in [2.05, 4.69) is 60.5 Å². The fourth-order valence-electron chi connectivity index (χ4n) is 2.42. The first-order valence-corrected chi connectivity index (χ1v) is 7.50. The predicted octanol–water partition coefficient (Wildman–Crippen LogP) is 4.00. The minimum absolute atomic E-state index is 0.500. The molecule has 0 aliphatic rings.